The number of sulfonamides is 1. The largest absolute Gasteiger partial charge is 0.389 e. The maximum atomic E-state index is 11.7. The van der Waals surface area contributed by atoms with E-state index < -0.39 is 16.1 Å². The Balaban J connectivity index is 2.61. The fourth-order valence-electron chi connectivity index (χ4n) is 1.37. The molecule has 0 bridgehead atoms. The van der Waals surface area contributed by atoms with Gasteiger partial charge in [0.1, 0.15) is 0 Å². The van der Waals surface area contributed by atoms with Gasteiger partial charge in [-0.3, -0.25) is 4.72 Å². The molecule has 5 nitrogen and oxygen atoms in total. The van der Waals surface area contributed by atoms with Crippen molar-refractivity contribution in [3.05, 3.63) is 29.8 Å². The third-order valence-electron chi connectivity index (χ3n) is 2.37. The molecule has 0 radical (unpaired) electrons. The van der Waals surface area contributed by atoms with E-state index in [0.717, 1.165) is 5.56 Å². The van der Waals surface area contributed by atoms with Crippen LogP contribution >= 0.6 is 0 Å². The van der Waals surface area contributed by atoms with Crippen molar-refractivity contribution in [1.29, 1.82) is 0 Å². The Bertz CT molecular complexity index is 453. The first kappa shape index (κ1) is 14.9. The van der Waals surface area contributed by atoms with Crippen LogP contribution in [0.1, 0.15) is 25.5 Å². The van der Waals surface area contributed by atoms with Crippen LogP contribution < -0.4 is 4.72 Å². The molecule has 1 aromatic carbocycles. The van der Waals surface area contributed by atoms with Crippen LogP contribution in [0.15, 0.2) is 24.3 Å². The minimum Gasteiger partial charge on any atom is -0.389 e. The molecule has 2 N–H and O–H groups in total. The summed E-state index contributed by atoms with van der Waals surface area (Å²) in [7, 11) is -3.38. The van der Waals surface area contributed by atoms with Crippen LogP contribution in [-0.4, -0.2) is 32.5 Å². The first-order chi connectivity index (χ1) is 8.44. The van der Waals surface area contributed by atoms with Gasteiger partial charge >= 0.3 is 0 Å². The van der Waals surface area contributed by atoms with Crippen LogP contribution in [0.3, 0.4) is 0 Å². The van der Waals surface area contributed by atoms with E-state index in [1.807, 2.05) is 6.92 Å². The van der Waals surface area contributed by atoms with Gasteiger partial charge in [-0.15, -0.1) is 0 Å². The quantitative estimate of drug-likeness (QED) is 0.739. The highest BCUT2D eigenvalue weighted by Crippen LogP contribution is 2.16. The van der Waals surface area contributed by atoms with Gasteiger partial charge in [0, 0.05) is 12.3 Å². The Morgan fingerprint density at radius 2 is 1.94 bits per heavy atom. The second-order valence-electron chi connectivity index (χ2n) is 3.92. The van der Waals surface area contributed by atoms with Crippen molar-refractivity contribution in [3.8, 4) is 0 Å². The van der Waals surface area contributed by atoms with Crippen LogP contribution in [0.25, 0.3) is 0 Å². The maximum absolute atomic E-state index is 11.7. The number of anilines is 1. The number of benzene rings is 1. The molecule has 0 saturated heterocycles. The maximum Gasteiger partial charge on any atom is 0.234 e. The van der Waals surface area contributed by atoms with Crippen molar-refractivity contribution >= 4 is 15.7 Å². The Labute approximate surface area is 108 Å². The summed E-state index contributed by atoms with van der Waals surface area (Å²) in [5.41, 5.74) is 1.23. The first-order valence-electron chi connectivity index (χ1n) is 5.81. The molecule has 102 valence electrons. The SMILES string of the molecule is CCOCCS(=O)(=O)Nc1ccc(C(C)O)cc1. The lowest BCUT2D eigenvalue weighted by Crippen LogP contribution is -2.20. The molecule has 0 aliphatic rings. The minimum atomic E-state index is -3.38. The van der Waals surface area contributed by atoms with Crippen molar-refractivity contribution in [2.45, 2.75) is 20.0 Å². The summed E-state index contributed by atoms with van der Waals surface area (Å²) in [4.78, 5) is 0. The number of nitrogens with one attached hydrogen (secondary N) is 1. The second-order valence-corrected chi connectivity index (χ2v) is 5.76. The topological polar surface area (TPSA) is 75.6 Å². The molecule has 1 rings (SSSR count). The lowest BCUT2D eigenvalue weighted by atomic mass is 10.1. The van der Waals surface area contributed by atoms with Crippen LogP contribution in [0.4, 0.5) is 5.69 Å². The van der Waals surface area contributed by atoms with E-state index >= 15 is 0 Å². The van der Waals surface area contributed by atoms with E-state index in [0.29, 0.717) is 12.3 Å². The number of rotatable bonds is 7. The molecule has 0 saturated carbocycles. The monoisotopic (exact) mass is 273 g/mol. The summed E-state index contributed by atoms with van der Waals surface area (Å²) >= 11 is 0. The van der Waals surface area contributed by atoms with Gasteiger partial charge in [0.05, 0.1) is 18.5 Å². The van der Waals surface area contributed by atoms with Crippen molar-refractivity contribution in [2.75, 3.05) is 23.7 Å². The molecular formula is C12H19NO4S. The average Bonchev–Trinajstić information content (AvgIpc) is 2.29. The third-order valence-corrected chi connectivity index (χ3v) is 3.62. The summed E-state index contributed by atoms with van der Waals surface area (Å²) in [5, 5.41) is 9.34. The molecule has 18 heavy (non-hydrogen) atoms. The van der Waals surface area contributed by atoms with Crippen LogP contribution in [0.2, 0.25) is 0 Å². The number of aliphatic hydroxyl groups excluding tert-OH is 1. The zero-order valence-corrected chi connectivity index (χ0v) is 11.4. The normalized spacial score (nSPS) is 13.3. The highest BCUT2D eigenvalue weighted by atomic mass is 32.2. The first-order valence-corrected chi connectivity index (χ1v) is 7.46. The third kappa shape index (κ3) is 5.03. The van der Waals surface area contributed by atoms with Crippen LogP contribution in [0, 0.1) is 0 Å². The van der Waals surface area contributed by atoms with E-state index in [1.165, 1.54) is 0 Å². The van der Waals surface area contributed by atoms with Gasteiger partial charge < -0.3 is 9.84 Å². The van der Waals surface area contributed by atoms with Crippen LogP contribution in [0.5, 0.6) is 0 Å². The summed E-state index contributed by atoms with van der Waals surface area (Å²) in [6, 6.07) is 6.62. The predicted molar refractivity (Wildman–Crippen MR) is 71.0 cm³/mol. The zero-order valence-electron chi connectivity index (χ0n) is 10.6. The fraction of sp³-hybridized carbons (Fsp3) is 0.500. The Hall–Kier alpha value is -1.11. The van der Waals surface area contributed by atoms with Gasteiger partial charge in [0.15, 0.2) is 0 Å². The molecule has 0 amide bonds. The number of hydrogen-bond acceptors (Lipinski definition) is 4. The average molecular weight is 273 g/mol. The predicted octanol–water partition coefficient (Wildman–Crippen LogP) is 1.52. The van der Waals surface area contributed by atoms with Crippen molar-refractivity contribution < 1.29 is 18.3 Å². The zero-order chi connectivity index (χ0) is 13.6. The Morgan fingerprint density at radius 1 is 1.33 bits per heavy atom. The van der Waals surface area contributed by atoms with Gasteiger partial charge in [-0.2, -0.15) is 0 Å². The summed E-state index contributed by atoms with van der Waals surface area (Å²) < 4.78 is 30.8. The number of ether oxygens (including phenoxy) is 1. The van der Waals surface area contributed by atoms with Gasteiger partial charge in [-0.05, 0) is 31.5 Å². The number of aliphatic hydroxyl groups is 1. The minimum absolute atomic E-state index is 0.0704. The lowest BCUT2D eigenvalue weighted by Gasteiger charge is -2.09. The molecule has 1 atom stereocenters. The van der Waals surface area contributed by atoms with Crippen molar-refractivity contribution in [3.63, 3.8) is 0 Å². The van der Waals surface area contributed by atoms with Crippen molar-refractivity contribution in [2.24, 2.45) is 0 Å². The molecule has 0 aliphatic carbocycles. The summed E-state index contributed by atoms with van der Waals surface area (Å²) in [6.07, 6.45) is -0.561. The van der Waals surface area contributed by atoms with Gasteiger partial charge in [0.2, 0.25) is 10.0 Å². The van der Waals surface area contributed by atoms with E-state index in [-0.39, 0.29) is 12.4 Å². The fourth-order valence-corrected chi connectivity index (χ4v) is 2.31. The van der Waals surface area contributed by atoms with E-state index in [1.54, 1.807) is 31.2 Å². The standard InChI is InChI=1S/C12H19NO4S/c1-3-17-8-9-18(15,16)13-12-6-4-11(5-7-12)10(2)14/h4-7,10,13-14H,3,8-9H2,1-2H3. The molecule has 0 fully saturated rings. The van der Waals surface area contributed by atoms with Gasteiger partial charge in [0.25, 0.3) is 0 Å². The second kappa shape index (κ2) is 6.72. The highest BCUT2D eigenvalue weighted by molar-refractivity contribution is 7.92. The number of hydrogen-bond donors (Lipinski definition) is 2. The highest BCUT2D eigenvalue weighted by Gasteiger charge is 2.10. The Morgan fingerprint density at radius 3 is 2.44 bits per heavy atom. The summed E-state index contributed by atoms with van der Waals surface area (Å²) in [6.45, 7) is 4.15. The molecule has 0 aliphatic heterocycles. The van der Waals surface area contributed by atoms with Gasteiger partial charge in [-0.25, -0.2) is 8.42 Å². The van der Waals surface area contributed by atoms with Gasteiger partial charge in [-0.1, -0.05) is 12.1 Å². The smallest absolute Gasteiger partial charge is 0.234 e. The molecule has 0 aromatic heterocycles. The Kier molecular flexibility index (Phi) is 5.58. The molecular weight excluding hydrogens is 254 g/mol. The molecule has 0 spiro atoms. The van der Waals surface area contributed by atoms with Crippen molar-refractivity contribution in [1.82, 2.24) is 0 Å². The molecule has 0 heterocycles. The van der Waals surface area contributed by atoms with E-state index in [9.17, 15) is 13.5 Å². The lowest BCUT2D eigenvalue weighted by molar-refractivity contribution is 0.163. The molecule has 1 aromatic rings. The van der Waals surface area contributed by atoms with E-state index in [2.05, 4.69) is 4.72 Å². The van der Waals surface area contributed by atoms with Crippen LogP contribution in [-0.2, 0) is 14.8 Å². The molecule has 6 heteroatoms. The molecule has 1 unspecified atom stereocenters. The summed E-state index contributed by atoms with van der Waals surface area (Å²) in [5.74, 6) is -0.0704. The van der Waals surface area contributed by atoms with E-state index in [4.69, 9.17) is 4.74 Å².